The van der Waals surface area contributed by atoms with E-state index in [0.717, 1.165) is 42.4 Å². The van der Waals surface area contributed by atoms with Crippen molar-refractivity contribution in [3.8, 4) is 0 Å². The zero-order valence-electron chi connectivity index (χ0n) is 19.2. The largest absolute Gasteiger partial charge is 0.351 e. The lowest BCUT2D eigenvalue weighted by Crippen LogP contribution is -2.47. The Bertz CT molecular complexity index is 1100. The summed E-state index contributed by atoms with van der Waals surface area (Å²) in [6.07, 6.45) is 9.82. The van der Waals surface area contributed by atoms with E-state index in [1.807, 2.05) is 62.4 Å². The number of nitrogens with one attached hydrogen (secondary N) is 1. The third-order valence-electron chi connectivity index (χ3n) is 6.34. The highest BCUT2D eigenvalue weighted by atomic mass is 16.2. The van der Waals surface area contributed by atoms with Crippen LogP contribution in [0.1, 0.15) is 65.3 Å². The van der Waals surface area contributed by atoms with Crippen LogP contribution >= 0.6 is 0 Å². The molecule has 0 bridgehead atoms. The van der Waals surface area contributed by atoms with Crippen LogP contribution in [-0.4, -0.2) is 27.8 Å². The molecule has 1 aliphatic rings. The first kappa shape index (κ1) is 22.6. The number of anilines is 1. The Balaban J connectivity index is 1.80. The van der Waals surface area contributed by atoms with Gasteiger partial charge in [0, 0.05) is 24.1 Å². The average molecular weight is 443 g/mol. The number of rotatable bonds is 6. The predicted octanol–water partition coefficient (Wildman–Crippen LogP) is 4.93. The van der Waals surface area contributed by atoms with Crippen LogP contribution in [-0.2, 0) is 4.79 Å². The molecule has 1 N–H and O–H groups in total. The summed E-state index contributed by atoms with van der Waals surface area (Å²) in [7, 11) is 0. The van der Waals surface area contributed by atoms with Crippen LogP contribution in [0.5, 0.6) is 0 Å². The van der Waals surface area contributed by atoms with Gasteiger partial charge in [0.05, 0.1) is 6.20 Å². The molecular formula is C27H30N4O2. The molecule has 0 radical (unpaired) electrons. The molecule has 3 aromatic rings. The van der Waals surface area contributed by atoms with Crippen molar-refractivity contribution in [2.75, 3.05) is 4.90 Å². The highest BCUT2D eigenvalue weighted by molar-refractivity contribution is 6.09. The molecule has 2 amide bonds. The van der Waals surface area contributed by atoms with Crippen LogP contribution in [0.15, 0.2) is 67.1 Å². The number of benzene rings is 2. The Morgan fingerprint density at radius 1 is 0.970 bits per heavy atom. The van der Waals surface area contributed by atoms with E-state index in [9.17, 15) is 9.59 Å². The molecule has 170 valence electrons. The Hall–Kier alpha value is -3.54. The van der Waals surface area contributed by atoms with E-state index in [2.05, 4.69) is 15.3 Å². The lowest BCUT2D eigenvalue weighted by Gasteiger charge is -2.33. The number of carbonyl (C=O) groups excluding carboxylic acids is 2. The van der Waals surface area contributed by atoms with Crippen LogP contribution in [0, 0.1) is 13.8 Å². The van der Waals surface area contributed by atoms with Gasteiger partial charge < -0.3 is 5.32 Å². The predicted molar refractivity (Wildman–Crippen MR) is 129 cm³/mol. The Morgan fingerprint density at radius 2 is 1.73 bits per heavy atom. The van der Waals surface area contributed by atoms with Crippen molar-refractivity contribution in [2.24, 2.45) is 0 Å². The van der Waals surface area contributed by atoms with Gasteiger partial charge in [-0.15, -0.1) is 0 Å². The van der Waals surface area contributed by atoms with Gasteiger partial charge in [0.25, 0.3) is 5.91 Å². The lowest BCUT2D eigenvalue weighted by atomic mass is 9.94. The molecule has 2 aromatic carbocycles. The fourth-order valence-electron chi connectivity index (χ4n) is 4.37. The van der Waals surface area contributed by atoms with E-state index in [-0.39, 0.29) is 23.6 Å². The summed E-state index contributed by atoms with van der Waals surface area (Å²) in [5.41, 5.74) is 3.77. The minimum Gasteiger partial charge on any atom is -0.351 e. The molecule has 0 unspecified atom stereocenters. The number of aryl methyl sites for hydroxylation is 2. The van der Waals surface area contributed by atoms with E-state index < -0.39 is 6.04 Å². The van der Waals surface area contributed by atoms with Crippen LogP contribution in [0.3, 0.4) is 0 Å². The summed E-state index contributed by atoms with van der Waals surface area (Å²) in [6, 6.07) is 14.6. The number of carbonyl (C=O) groups is 2. The molecule has 1 saturated carbocycles. The molecule has 1 heterocycles. The third-order valence-corrected chi connectivity index (χ3v) is 6.34. The summed E-state index contributed by atoms with van der Waals surface area (Å²) in [5, 5.41) is 3.23. The van der Waals surface area contributed by atoms with Crippen molar-refractivity contribution < 1.29 is 9.59 Å². The van der Waals surface area contributed by atoms with Crippen LogP contribution < -0.4 is 10.2 Å². The van der Waals surface area contributed by atoms with Gasteiger partial charge in [-0.05, 0) is 55.5 Å². The van der Waals surface area contributed by atoms with Gasteiger partial charge in [0.2, 0.25) is 5.91 Å². The highest BCUT2D eigenvalue weighted by Gasteiger charge is 2.35. The Morgan fingerprint density at radius 3 is 2.39 bits per heavy atom. The van der Waals surface area contributed by atoms with Gasteiger partial charge in [-0.25, -0.2) is 4.98 Å². The van der Waals surface area contributed by atoms with Crippen molar-refractivity contribution in [3.63, 3.8) is 0 Å². The van der Waals surface area contributed by atoms with Gasteiger partial charge in [-0.1, -0.05) is 55.7 Å². The van der Waals surface area contributed by atoms with Gasteiger partial charge in [-0.2, -0.15) is 0 Å². The number of aromatic nitrogens is 2. The maximum Gasteiger partial charge on any atom is 0.279 e. The minimum absolute atomic E-state index is 0.130. The molecule has 1 atom stereocenters. The molecule has 6 heteroatoms. The summed E-state index contributed by atoms with van der Waals surface area (Å²) in [6.45, 7) is 4.03. The molecule has 1 fully saturated rings. The maximum absolute atomic E-state index is 13.8. The first-order valence-electron chi connectivity index (χ1n) is 11.6. The van der Waals surface area contributed by atoms with Crippen molar-refractivity contribution in [1.29, 1.82) is 0 Å². The standard InChI is InChI=1S/C27H30N4O2/c1-19-13-14-23(17-20(19)2)31(27(33)24-18-28-15-16-29-24)25(21-9-5-3-6-10-21)26(32)30-22-11-7-4-8-12-22/h3,5-6,9-10,13-18,22,25H,4,7-8,11-12H2,1-2H3,(H,30,32)/t25-/m0/s1. The second-order valence-corrected chi connectivity index (χ2v) is 8.69. The van der Waals surface area contributed by atoms with Crippen LogP contribution in [0.25, 0.3) is 0 Å². The number of nitrogens with zero attached hydrogens (tertiary/aromatic N) is 3. The fraction of sp³-hybridized carbons (Fsp3) is 0.333. The number of hydrogen-bond donors (Lipinski definition) is 1. The lowest BCUT2D eigenvalue weighted by molar-refractivity contribution is -0.123. The molecule has 0 aliphatic heterocycles. The van der Waals surface area contributed by atoms with E-state index in [1.165, 1.54) is 25.0 Å². The van der Waals surface area contributed by atoms with E-state index in [0.29, 0.717) is 5.69 Å². The van der Waals surface area contributed by atoms with Crippen LogP contribution in [0.2, 0.25) is 0 Å². The Labute approximate surface area is 195 Å². The fourth-order valence-corrected chi connectivity index (χ4v) is 4.37. The zero-order valence-corrected chi connectivity index (χ0v) is 19.2. The van der Waals surface area contributed by atoms with Gasteiger partial charge >= 0.3 is 0 Å². The normalized spacial score (nSPS) is 15.0. The van der Waals surface area contributed by atoms with Crippen molar-refractivity contribution in [1.82, 2.24) is 15.3 Å². The number of amides is 2. The maximum atomic E-state index is 13.8. The second-order valence-electron chi connectivity index (χ2n) is 8.69. The molecule has 1 aliphatic carbocycles. The van der Waals surface area contributed by atoms with E-state index in [4.69, 9.17) is 0 Å². The van der Waals surface area contributed by atoms with Crippen molar-refractivity contribution >= 4 is 17.5 Å². The molecule has 4 rings (SSSR count). The average Bonchev–Trinajstić information content (AvgIpc) is 2.85. The molecular weight excluding hydrogens is 412 g/mol. The first-order valence-corrected chi connectivity index (χ1v) is 11.6. The SMILES string of the molecule is Cc1ccc(N(C(=O)c2cnccn2)[C@H](C(=O)NC2CCCCC2)c2ccccc2)cc1C. The Kier molecular flexibility index (Phi) is 7.13. The second kappa shape index (κ2) is 10.4. The van der Waals surface area contributed by atoms with E-state index >= 15 is 0 Å². The van der Waals surface area contributed by atoms with Gasteiger partial charge in [0.1, 0.15) is 11.7 Å². The summed E-state index contributed by atoms with van der Waals surface area (Å²) < 4.78 is 0. The topological polar surface area (TPSA) is 75.2 Å². The first-order chi connectivity index (χ1) is 16.0. The molecule has 0 spiro atoms. The smallest absolute Gasteiger partial charge is 0.279 e. The highest BCUT2D eigenvalue weighted by Crippen LogP contribution is 2.31. The molecule has 0 saturated heterocycles. The van der Waals surface area contributed by atoms with Gasteiger partial charge in [0.15, 0.2) is 0 Å². The third kappa shape index (κ3) is 5.28. The van der Waals surface area contributed by atoms with Crippen molar-refractivity contribution in [3.05, 3.63) is 89.5 Å². The summed E-state index contributed by atoms with van der Waals surface area (Å²) in [4.78, 5) is 37.4. The van der Waals surface area contributed by atoms with Crippen LogP contribution in [0.4, 0.5) is 5.69 Å². The van der Waals surface area contributed by atoms with Crippen molar-refractivity contribution in [2.45, 2.75) is 58.0 Å². The minimum atomic E-state index is -0.829. The van der Waals surface area contributed by atoms with E-state index in [1.54, 1.807) is 4.90 Å². The summed E-state index contributed by atoms with van der Waals surface area (Å²) >= 11 is 0. The molecule has 33 heavy (non-hydrogen) atoms. The van der Waals surface area contributed by atoms with Gasteiger partial charge in [-0.3, -0.25) is 19.5 Å². The monoisotopic (exact) mass is 442 g/mol. The molecule has 1 aromatic heterocycles. The number of hydrogen-bond acceptors (Lipinski definition) is 4. The summed E-state index contributed by atoms with van der Waals surface area (Å²) in [5.74, 6) is -0.539. The molecule has 6 nitrogen and oxygen atoms in total. The zero-order chi connectivity index (χ0) is 23.2. The quantitative estimate of drug-likeness (QED) is 0.587.